The molecule has 0 bridgehead atoms. The molecule has 1 fully saturated rings. The molecule has 21 heavy (non-hydrogen) atoms. The lowest BCUT2D eigenvalue weighted by molar-refractivity contribution is -0.146. The van der Waals surface area contributed by atoms with Crippen molar-refractivity contribution in [3.05, 3.63) is 18.1 Å². The number of methoxy groups -OCH3 is 1. The molecule has 1 amide bonds. The standard InChI is InChI=1S/C14H20N4O3/c1-21-14(20)10-4-2-9(3-5-10)7-16-13(19)11-6-12(15)18-8-17-11/h6,8-10H,2-5,7H2,1H3,(H,16,19)(H2,15,17,18). The third-order valence-corrected chi connectivity index (χ3v) is 3.85. The van der Waals surface area contributed by atoms with E-state index < -0.39 is 0 Å². The zero-order chi connectivity index (χ0) is 15.2. The molecule has 1 saturated carbocycles. The molecule has 0 aromatic carbocycles. The number of nitrogens with zero attached hydrogens (tertiary/aromatic N) is 2. The fourth-order valence-electron chi connectivity index (χ4n) is 2.59. The maximum absolute atomic E-state index is 11.9. The van der Waals surface area contributed by atoms with E-state index in [1.165, 1.54) is 19.5 Å². The van der Waals surface area contributed by atoms with Crippen LogP contribution in [0, 0.1) is 11.8 Å². The molecule has 1 aromatic heterocycles. The predicted molar refractivity (Wildman–Crippen MR) is 76.2 cm³/mol. The van der Waals surface area contributed by atoms with Crippen molar-refractivity contribution in [3.63, 3.8) is 0 Å². The lowest BCUT2D eigenvalue weighted by Crippen LogP contribution is -2.33. The van der Waals surface area contributed by atoms with Crippen molar-refractivity contribution >= 4 is 17.7 Å². The average molecular weight is 292 g/mol. The second-order valence-corrected chi connectivity index (χ2v) is 5.28. The third kappa shape index (κ3) is 4.14. The van der Waals surface area contributed by atoms with Gasteiger partial charge in [-0.15, -0.1) is 0 Å². The van der Waals surface area contributed by atoms with Gasteiger partial charge in [-0.1, -0.05) is 0 Å². The van der Waals surface area contributed by atoms with Crippen molar-refractivity contribution < 1.29 is 14.3 Å². The summed E-state index contributed by atoms with van der Waals surface area (Å²) in [5, 5.41) is 2.85. The molecule has 2 rings (SSSR count). The van der Waals surface area contributed by atoms with Crippen LogP contribution in [0.5, 0.6) is 0 Å². The van der Waals surface area contributed by atoms with Crippen LogP contribution in [0.25, 0.3) is 0 Å². The number of nitrogens with one attached hydrogen (secondary N) is 1. The van der Waals surface area contributed by atoms with Gasteiger partial charge in [-0.05, 0) is 31.6 Å². The second kappa shape index (κ2) is 7.01. The first kappa shape index (κ1) is 15.2. The summed E-state index contributed by atoms with van der Waals surface area (Å²) in [7, 11) is 1.42. The van der Waals surface area contributed by atoms with Gasteiger partial charge < -0.3 is 15.8 Å². The first-order chi connectivity index (χ1) is 10.1. The smallest absolute Gasteiger partial charge is 0.308 e. The van der Waals surface area contributed by atoms with Crippen LogP contribution in [-0.2, 0) is 9.53 Å². The monoisotopic (exact) mass is 292 g/mol. The summed E-state index contributed by atoms with van der Waals surface area (Å²) < 4.78 is 4.76. The van der Waals surface area contributed by atoms with Gasteiger partial charge in [0.1, 0.15) is 17.8 Å². The Morgan fingerprint density at radius 1 is 1.33 bits per heavy atom. The predicted octanol–water partition coefficient (Wildman–Crippen LogP) is 0.768. The summed E-state index contributed by atoms with van der Waals surface area (Å²) in [6.45, 7) is 0.580. The molecular formula is C14H20N4O3. The molecule has 7 nitrogen and oxygen atoms in total. The van der Waals surface area contributed by atoms with Crippen LogP contribution in [0.2, 0.25) is 0 Å². The fourth-order valence-corrected chi connectivity index (χ4v) is 2.59. The van der Waals surface area contributed by atoms with Crippen molar-refractivity contribution in [1.82, 2.24) is 15.3 Å². The number of anilines is 1. The number of esters is 1. The number of carbonyl (C=O) groups excluding carboxylic acids is 2. The lowest BCUT2D eigenvalue weighted by Gasteiger charge is -2.26. The number of carbonyl (C=O) groups is 2. The minimum absolute atomic E-state index is 0.00335. The maximum Gasteiger partial charge on any atom is 0.308 e. The number of hydrogen-bond donors (Lipinski definition) is 2. The van der Waals surface area contributed by atoms with Crippen LogP contribution < -0.4 is 11.1 Å². The van der Waals surface area contributed by atoms with Gasteiger partial charge in [0.15, 0.2) is 0 Å². The zero-order valence-corrected chi connectivity index (χ0v) is 12.0. The molecule has 1 aliphatic carbocycles. The molecule has 114 valence electrons. The highest BCUT2D eigenvalue weighted by molar-refractivity contribution is 5.92. The highest BCUT2D eigenvalue weighted by Crippen LogP contribution is 2.29. The first-order valence-corrected chi connectivity index (χ1v) is 7.03. The van der Waals surface area contributed by atoms with E-state index in [0.717, 1.165) is 25.7 Å². The van der Waals surface area contributed by atoms with Crippen LogP contribution in [0.4, 0.5) is 5.82 Å². The molecule has 1 aliphatic rings. The highest BCUT2D eigenvalue weighted by atomic mass is 16.5. The summed E-state index contributed by atoms with van der Waals surface area (Å²) in [4.78, 5) is 31.0. The molecule has 0 radical (unpaired) electrons. The highest BCUT2D eigenvalue weighted by Gasteiger charge is 2.27. The van der Waals surface area contributed by atoms with E-state index in [4.69, 9.17) is 10.5 Å². The summed E-state index contributed by atoms with van der Waals surface area (Å²) in [5.74, 6) is 0.277. The Balaban J connectivity index is 1.77. The Morgan fingerprint density at radius 3 is 2.67 bits per heavy atom. The number of nitrogens with two attached hydrogens (primary N) is 1. The lowest BCUT2D eigenvalue weighted by atomic mass is 9.82. The molecule has 0 saturated heterocycles. The molecule has 3 N–H and O–H groups in total. The van der Waals surface area contributed by atoms with Crippen molar-refractivity contribution in [1.29, 1.82) is 0 Å². The first-order valence-electron chi connectivity index (χ1n) is 7.03. The summed E-state index contributed by atoms with van der Waals surface area (Å²) in [6.07, 6.45) is 4.71. The number of ether oxygens (including phenoxy) is 1. The summed E-state index contributed by atoms with van der Waals surface area (Å²) in [6, 6.07) is 1.45. The Hall–Kier alpha value is -2.18. The number of hydrogen-bond acceptors (Lipinski definition) is 6. The number of amides is 1. The van der Waals surface area contributed by atoms with E-state index in [-0.39, 0.29) is 29.3 Å². The van der Waals surface area contributed by atoms with Gasteiger partial charge in [-0.3, -0.25) is 9.59 Å². The van der Waals surface area contributed by atoms with Gasteiger partial charge in [0.05, 0.1) is 13.0 Å². The van der Waals surface area contributed by atoms with Crippen LogP contribution >= 0.6 is 0 Å². The average Bonchev–Trinajstić information content (AvgIpc) is 2.52. The van der Waals surface area contributed by atoms with Crippen LogP contribution in [0.3, 0.4) is 0 Å². The van der Waals surface area contributed by atoms with E-state index in [1.54, 1.807) is 0 Å². The molecular weight excluding hydrogens is 272 g/mol. The van der Waals surface area contributed by atoms with Gasteiger partial charge >= 0.3 is 5.97 Å². The normalized spacial score (nSPS) is 21.6. The number of rotatable bonds is 4. The Labute approximate surface area is 123 Å². The van der Waals surface area contributed by atoms with E-state index in [0.29, 0.717) is 12.5 Å². The second-order valence-electron chi connectivity index (χ2n) is 5.28. The minimum Gasteiger partial charge on any atom is -0.469 e. The molecule has 7 heteroatoms. The SMILES string of the molecule is COC(=O)C1CCC(CNC(=O)c2cc(N)ncn2)CC1. The van der Waals surface area contributed by atoms with Crippen molar-refractivity contribution in [3.8, 4) is 0 Å². The van der Waals surface area contributed by atoms with Crippen LogP contribution in [0.15, 0.2) is 12.4 Å². The maximum atomic E-state index is 11.9. The molecule has 1 aromatic rings. The van der Waals surface area contributed by atoms with Gasteiger partial charge in [0.25, 0.3) is 5.91 Å². The van der Waals surface area contributed by atoms with E-state index >= 15 is 0 Å². The van der Waals surface area contributed by atoms with Gasteiger partial charge in [0, 0.05) is 12.6 Å². The molecule has 0 aliphatic heterocycles. The third-order valence-electron chi connectivity index (χ3n) is 3.85. The van der Waals surface area contributed by atoms with Crippen molar-refractivity contribution in [2.75, 3.05) is 19.4 Å². The van der Waals surface area contributed by atoms with Gasteiger partial charge in [0.2, 0.25) is 0 Å². The molecule has 0 unspecified atom stereocenters. The zero-order valence-electron chi connectivity index (χ0n) is 12.0. The summed E-state index contributed by atoms with van der Waals surface area (Å²) in [5.41, 5.74) is 5.79. The molecule has 1 heterocycles. The van der Waals surface area contributed by atoms with Crippen molar-refractivity contribution in [2.45, 2.75) is 25.7 Å². The van der Waals surface area contributed by atoms with Gasteiger partial charge in [-0.25, -0.2) is 9.97 Å². The van der Waals surface area contributed by atoms with Crippen LogP contribution in [0.1, 0.15) is 36.2 Å². The number of nitrogen functional groups attached to an aromatic ring is 1. The largest absolute Gasteiger partial charge is 0.469 e. The van der Waals surface area contributed by atoms with E-state index in [2.05, 4.69) is 15.3 Å². The Morgan fingerprint density at radius 2 is 2.05 bits per heavy atom. The van der Waals surface area contributed by atoms with Crippen LogP contribution in [-0.4, -0.2) is 35.5 Å². The molecule has 0 spiro atoms. The topological polar surface area (TPSA) is 107 Å². The fraction of sp³-hybridized carbons (Fsp3) is 0.571. The summed E-state index contributed by atoms with van der Waals surface area (Å²) >= 11 is 0. The van der Waals surface area contributed by atoms with Gasteiger partial charge in [-0.2, -0.15) is 0 Å². The minimum atomic E-state index is -0.251. The van der Waals surface area contributed by atoms with Crippen molar-refractivity contribution in [2.24, 2.45) is 11.8 Å². The quantitative estimate of drug-likeness (QED) is 0.794. The molecule has 0 atom stereocenters. The Bertz CT molecular complexity index is 513. The number of aromatic nitrogens is 2. The van der Waals surface area contributed by atoms with E-state index in [9.17, 15) is 9.59 Å². The van der Waals surface area contributed by atoms with E-state index in [1.807, 2.05) is 0 Å². The Kier molecular flexibility index (Phi) is 5.08.